The number of thiophene rings is 1. The van der Waals surface area contributed by atoms with Crippen molar-refractivity contribution in [2.45, 2.75) is 17.8 Å². The van der Waals surface area contributed by atoms with E-state index < -0.39 is 17.4 Å². The van der Waals surface area contributed by atoms with Crippen LogP contribution in [0.15, 0.2) is 51.7 Å². The molecule has 0 unspecified atom stereocenters. The molecule has 0 fully saturated rings. The molecule has 3 rings (SSSR count). The minimum Gasteiger partial charge on any atom is -0.314 e. The first-order valence-electron chi connectivity index (χ1n) is 8.06. The average molecular weight is 418 g/mol. The molecule has 0 atom stereocenters. The van der Waals surface area contributed by atoms with Crippen molar-refractivity contribution >= 4 is 46.4 Å². The molecule has 10 heteroatoms. The van der Waals surface area contributed by atoms with Crippen LogP contribution in [-0.2, 0) is 10.5 Å². The third kappa shape index (κ3) is 5.05. The predicted molar refractivity (Wildman–Crippen MR) is 107 cm³/mol. The Morgan fingerprint density at radius 1 is 1.21 bits per heavy atom. The molecule has 0 bridgehead atoms. The smallest absolute Gasteiger partial charge is 0.277 e. The second-order valence-corrected chi connectivity index (χ2v) is 7.53. The van der Waals surface area contributed by atoms with Crippen LogP contribution >= 0.6 is 23.1 Å². The van der Waals surface area contributed by atoms with Gasteiger partial charge >= 0.3 is 0 Å². The van der Waals surface area contributed by atoms with Crippen LogP contribution in [0.2, 0.25) is 0 Å². The normalized spacial score (nSPS) is 10.5. The fraction of sp³-hybridized carbons (Fsp3) is 0.111. The summed E-state index contributed by atoms with van der Waals surface area (Å²) in [5, 5.41) is 6.95. The zero-order chi connectivity index (χ0) is 20.1. The van der Waals surface area contributed by atoms with Crippen LogP contribution in [0.1, 0.15) is 22.2 Å². The number of anilines is 2. The van der Waals surface area contributed by atoms with Crippen molar-refractivity contribution in [1.29, 1.82) is 0 Å². The van der Waals surface area contributed by atoms with Crippen molar-refractivity contribution in [1.82, 2.24) is 9.97 Å². The number of thioether (sulfide) groups is 1. The van der Waals surface area contributed by atoms with Gasteiger partial charge in [0.05, 0.1) is 4.88 Å². The van der Waals surface area contributed by atoms with Gasteiger partial charge in [-0.25, -0.2) is 9.37 Å². The molecule has 0 radical (unpaired) electrons. The first kappa shape index (κ1) is 19.8. The third-order valence-electron chi connectivity index (χ3n) is 3.46. The number of nitrogens with one attached hydrogen (secondary N) is 3. The number of benzene rings is 1. The van der Waals surface area contributed by atoms with E-state index in [0.717, 1.165) is 5.56 Å². The highest BCUT2D eigenvalue weighted by molar-refractivity contribution is 7.98. The molecule has 0 spiro atoms. The highest BCUT2D eigenvalue weighted by Crippen LogP contribution is 2.23. The van der Waals surface area contributed by atoms with E-state index in [4.69, 9.17) is 0 Å². The summed E-state index contributed by atoms with van der Waals surface area (Å²) in [6.07, 6.45) is 0. The summed E-state index contributed by atoms with van der Waals surface area (Å²) in [5.41, 5.74) is 0.107. The fourth-order valence-electron chi connectivity index (χ4n) is 2.21. The highest BCUT2D eigenvalue weighted by atomic mass is 32.2. The van der Waals surface area contributed by atoms with Gasteiger partial charge in [0.25, 0.3) is 11.5 Å². The van der Waals surface area contributed by atoms with Gasteiger partial charge in [-0.3, -0.25) is 19.4 Å². The van der Waals surface area contributed by atoms with E-state index in [2.05, 4.69) is 20.6 Å². The van der Waals surface area contributed by atoms with Gasteiger partial charge in [-0.05, 0) is 29.1 Å². The number of aromatic nitrogens is 2. The molecule has 0 saturated heterocycles. The average Bonchev–Trinajstić information content (AvgIpc) is 3.18. The minimum absolute atomic E-state index is 0.0391. The molecule has 2 aromatic heterocycles. The summed E-state index contributed by atoms with van der Waals surface area (Å²) >= 11 is 2.43. The Kier molecular flexibility index (Phi) is 6.22. The van der Waals surface area contributed by atoms with E-state index in [1.54, 1.807) is 29.6 Å². The predicted octanol–water partition coefficient (Wildman–Crippen LogP) is 3.47. The Bertz CT molecular complexity index is 1050. The van der Waals surface area contributed by atoms with E-state index in [0.29, 0.717) is 10.6 Å². The molecule has 0 saturated carbocycles. The van der Waals surface area contributed by atoms with Crippen molar-refractivity contribution in [3.8, 4) is 0 Å². The van der Waals surface area contributed by atoms with Crippen LogP contribution in [0.4, 0.5) is 15.9 Å². The SMILES string of the molecule is CC(=O)Nc1nc(SCc2ccc(F)cc2)[nH]c(=O)c1NC(=O)c1cccs1. The van der Waals surface area contributed by atoms with E-state index >= 15 is 0 Å². The number of halogens is 1. The molecule has 0 aliphatic heterocycles. The highest BCUT2D eigenvalue weighted by Gasteiger charge is 2.17. The number of aromatic amines is 1. The number of amides is 2. The third-order valence-corrected chi connectivity index (χ3v) is 5.28. The summed E-state index contributed by atoms with van der Waals surface area (Å²) in [6, 6.07) is 9.28. The summed E-state index contributed by atoms with van der Waals surface area (Å²) < 4.78 is 13.0. The molecule has 7 nitrogen and oxygen atoms in total. The number of H-pyrrole nitrogens is 1. The number of hydrogen-bond donors (Lipinski definition) is 3. The van der Waals surface area contributed by atoms with Gasteiger partial charge in [-0.2, -0.15) is 0 Å². The molecular weight excluding hydrogens is 403 g/mol. The lowest BCUT2D eigenvalue weighted by atomic mass is 10.2. The molecule has 3 aromatic rings. The van der Waals surface area contributed by atoms with Crippen LogP contribution < -0.4 is 16.2 Å². The second-order valence-electron chi connectivity index (χ2n) is 5.62. The molecular formula is C18H15FN4O3S2. The van der Waals surface area contributed by atoms with Crippen LogP contribution in [0.5, 0.6) is 0 Å². The van der Waals surface area contributed by atoms with Crippen molar-refractivity contribution < 1.29 is 14.0 Å². The number of nitrogens with zero attached hydrogens (tertiary/aromatic N) is 1. The van der Waals surface area contributed by atoms with Gasteiger partial charge in [0.1, 0.15) is 5.82 Å². The monoisotopic (exact) mass is 418 g/mol. The number of carbonyl (C=O) groups excluding carboxylic acids is 2. The van der Waals surface area contributed by atoms with Gasteiger partial charge in [-0.1, -0.05) is 30.0 Å². The Morgan fingerprint density at radius 2 is 1.96 bits per heavy atom. The van der Waals surface area contributed by atoms with Crippen molar-refractivity contribution in [2.75, 3.05) is 10.6 Å². The quantitative estimate of drug-likeness (QED) is 0.420. The molecule has 28 heavy (non-hydrogen) atoms. The van der Waals surface area contributed by atoms with Gasteiger partial charge in [0.2, 0.25) is 5.91 Å². The number of carbonyl (C=O) groups is 2. The molecule has 1 aromatic carbocycles. The second kappa shape index (κ2) is 8.81. The maximum atomic E-state index is 13.0. The Hall–Kier alpha value is -2.98. The standard InChI is InChI=1S/C18H15FN4O3S2/c1-10(24)20-15-14(21-16(25)13-3-2-8-27-13)17(26)23-18(22-15)28-9-11-4-6-12(19)7-5-11/h2-8H,9H2,1H3,(H,21,25)(H2,20,22,23,24,26). The minimum atomic E-state index is -0.592. The maximum Gasteiger partial charge on any atom is 0.277 e. The van der Waals surface area contributed by atoms with Crippen LogP contribution in [0.25, 0.3) is 0 Å². The Morgan fingerprint density at radius 3 is 2.61 bits per heavy atom. The lowest BCUT2D eigenvalue weighted by molar-refractivity contribution is -0.114. The summed E-state index contributed by atoms with van der Waals surface area (Å²) in [5.74, 6) is -0.842. The number of rotatable bonds is 6. The zero-order valence-corrected chi connectivity index (χ0v) is 16.2. The Balaban J connectivity index is 1.84. The van der Waals surface area contributed by atoms with Crippen molar-refractivity contribution in [3.05, 3.63) is 68.4 Å². The fourth-order valence-corrected chi connectivity index (χ4v) is 3.64. The van der Waals surface area contributed by atoms with Gasteiger partial charge in [0.15, 0.2) is 16.7 Å². The van der Waals surface area contributed by atoms with Crippen LogP contribution in [0.3, 0.4) is 0 Å². The zero-order valence-electron chi connectivity index (χ0n) is 14.6. The first-order valence-corrected chi connectivity index (χ1v) is 9.93. The number of hydrogen-bond acceptors (Lipinski definition) is 6. The van der Waals surface area contributed by atoms with E-state index in [-0.39, 0.29) is 22.5 Å². The molecule has 2 amide bonds. The van der Waals surface area contributed by atoms with E-state index in [9.17, 15) is 18.8 Å². The maximum absolute atomic E-state index is 13.0. The topological polar surface area (TPSA) is 104 Å². The summed E-state index contributed by atoms with van der Waals surface area (Å²) in [7, 11) is 0. The largest absolute Gasteiger partial charge is 0.314 e. The van der Waals surface area contributed by atoms with Crippen molar-refractivity contribution in [3.63, 3.8) is 0 Å². The molecule has 2 heterocycles. The van der Waals surface area contributed by atoms with E-state index in [1.165, 1.54) is 42.2 Å². The Labute approximate surface area is 167 Å². The lowest BCUT2D eigenvalue weighted by Gasteiger charge is -2.11. The van der Waals surface area contributed by atoms with Crippen LogP contribution in [0, 0.1) is 5.82 Å². The molecule has 3 N–H and O–H groups in total. The van der Waals surface area contributed by atoms with E-state index in [1.807, 2.05) is 0 Å². The first-order chi connectivity index (χ1) is 13.4. The van der Waals surface area contributed by atoms with Gasteiger partial charge < -0.3 is 10.6 Å². The van der Waals surface area contributed by atoms with Crippen molar-refractivity contribution in [2.24, 2.45) is 0 Å². The molecule has 144 valence electrons. The van der Waals surface area contributed by atoms with Crippen LogP contribution in [-0.4, -0.2) is 21.8 Å². The van der Waals surface area contributed by atoms with Gasteiger partial charge in [0, 0.05) is 12.7 Å². The summed E-state index contributed by atoms with van der Waals surface area (Å²) in [6.45, 7) is 1.28. The molecule has 0 aliphatic carbocycles. The molecule has 0 aliphatic rings. The van der Waals surface area contributed by atoms with Gasteiger partial charge in [-0.15, -0.1) is 11.3 Å². The summed E-state index contributed by atoms with van der Waals surface area (Å²) in [4.78, 5) is 43.5. The lowest BCUT2D eigenvalue weighted by Crippen LogP contribution is -2.24.